The van der Waals surface area contributed by atoms with Crippen LogP contribution in [0.25, 0.3) is 38.9 Å². The number of aryl methyl sites for hydroxylation is 1. The third-order valence-corrected chi connectivity index (χ3v) is 6.34. The van der Waals surface area contributed by atoms with Gasteiger partial charge in [0.25, 0.3) is 0 Å². The second kappa shape index (κ2) is 7.72. The second-order valence-corrected chi connectivity index (χ2v) is 8.76. The van der Waals surface area contributed by atoms with Crippen LogP contribution in [0.5, 0.6) is 0 Å². The monoisotopic (exact) mass is 473 g/mol. The molecule has 33 heavy (non-hydrogen) atoms. The molecular weight excluding hydrogens is 457 g/mol. The van der Waals surface area contributed by atoms with Crippen LogP contribution in [0.4, 0.5) is 0 Å². The fraction of sp³-hybridized carbons (Fsp3) is 0.0833. The average molecular weight is 474 g/mol. The fourth-order valence-corrected chi connectivity index (χ4v) is 4.56. The van der Waals surface area contributed by atoms with Gasteiger partial charge in [0.2, 0.25) is 0 Å². The molecule has 0 saturated carbocycles. The summed E-state index contributed by atoms with van der Waals surface area (Å²) in [6, 6.07) is 17.8. The van der Waals surface area contributed by atoms with E-state index in [2.05, 4.69) is 25.6 Å². The van der Waals surface area contributed by atoms with E-state index in [1.54, 1.807) is 17.1 Å². The number of rotatable bonds is 4. The highest BCUT2D eigenvalue weighted by atomic mass is 35.5. The summed E-state index contributed by atoms with van der Waals surface area (Å²) in [6.07, 6.45) is 3.58. The van der Waals surface area contributed by atoms with Gasteiger partial charge in [0.1, 0.15) is 5.52 Å². The van der Waals surface area contributed by atoms with Gasteiger partial charge in [-0.3, -0.25) is 9.78 Å². The minimum atomic E-state index is 0.534. The molecule has 162 valence electrons. The molecule has 0 fully saturated rings. The lowest BCUT2D eigenvalue weighted by Gasteiger charge is -2.11. The molecule has 0 aliphatic rings. The van der Waals surface area contributed by atoms with Crippen LogP contribution < -0.4 is 0 Å². The Morgan fingerprint density at radius 2 is 1.91 bits per heavy atom. The largest absolute Gasteiger partial charge is 0.278 e. The van der Waals surface area contributed by atoms with Gasteiger partial charge in [0.15, 0.2) is 0 Å². The lowest BCUT2D eigenvalue weighted by Crippen LogP contribution is -2.05. The Morgan fingerprint density at radius 1 is 1.00 bits per heavy atom. The van der Waals surface area contributed by atoms with Gasteiger partial charge in [0.05, 0.1) is 40.2 Å². The van der Waals surface area contributed by atoms with Gasteiger partial charge in [-0.15, -0.1) is 5.10 Å². The summed E-state index contributed by atoms with van der Waals surface area (Å²) >= 11 is 12.8. The van der Waals surface area contributed by atoms with Crippen molar-refractivity contribution in [3.8, 4) is 16.9 Å². The SMILES string of the molecule is Cc1cc(Cl)ccc1Cn1nccc1-c1cc(Cl)c2nnn(-c3ccc4cn[nH]c4c3)c2c1. The Kier molecular flexibility index (Phi) is 4.67. The van der Waals surface area contributed by atoms with Crippen LogP contribution in [0.2, 0.25) is 10.0 Å². The van der Waals surface area contributed by atoms with Crippen molar-refractivity contribution in [1.82, 2.24) is 35.0 Å². The maximum absolute atomic E-state index is 6.64. The molecule has 0 unspecified atom stereocenters. The van der Waals surface area contributed by atoms with E-state index in [0.29, 0.717) is 17.1 Å². The van der Waals surface area contributed by atoms with Crippen LogP contribution in [0, 0.1) is 6.92 Å². The molecule has 6 rings (SSSR count). The molecule has 3 aromatic carbocycles. The summed E-state index contributed by atoms with van der Waals surface area (Å²) < 4.78 is 3.74. The summed E-state index contributed by atoms with van der Waals surface area (Å²) in [7, 11) is 0. The van der Waals surface area contributed by atoms with E-state index in [-0.39, 0.29) is 0 Å². The summed E-state index contributed by atoms with van der Waals surface area (Å²) in [5, 5.41) is 22.6. The third kappa shape index (κ3) is 3.46. The number of fused-ring (bicyclic) bond motifs is 2. The number of nitrogens with one attached hydrogen (secondary N) is 1. The highest BCUT2D eigenvalue weighted by Crippen LogP contribution is 2.31. The molecule has 0 aliphatic heterocycles. The van der Waals surface area contributed by atoms with E-state index in [1.165, 1.54) is 0 Å². The lowest BCUT2D eigenvalue weighted by atomic mass is 10.1. The van der Waals surface area contributed by atoms with Gasteiger partial charge >= 0.3 is 0 Å². The maximum Gasteiger partial charge on any atom is 0.132 e. The third-order valence-electron chi connectivity index (χ3n) is 5.81. The Balaban J connectivity index is 1.45. The number of benzene rings is 3. The zero-order chi connectivity index (χ0) is 22.5. The van der Waals surface area contributed by atoms with Crippen molar-refractivity contribution in [3.05, 3.63) is 88.2 Å². The minimum absolute atomic E-state index is 0.534. The highest BCUT2D eigenvalue weighted by Gasteiger charge is 2.16. The molecule has 6 aromatic rings. The van der Waals surface area contributed by atoms with Crippen LogP contribution in [0.3, 0.4) is 0 Å². The number of halogens is 2. The molecule has 1 N–H and O–H groups in total. The number of H-pyrrole nitrogens is 1. The Labute approximate surface area is 198 Å². The van der Waals surface area contributed by atoms with Gasteiger partial charge in [-0.05, 0) is 66.6 Å². The zero-order valence-corrected chi connectivity index (χ0v) is 19.0. The van der Waals surface area contributed by atoms with Crippen molar-refractivity contribution < 1.29 is 0 Å². The number of aromatic amines is 1. The van der Waals surface area contributed by atoms with E-state index < -0.39 is 0 Å². The van der Waals surface area contributed by atoms with E-state index in [9.17, 15) is 0 Å². The van der Waals surface area contributed by atoms with Crippen molar-refractivity contribution in [3.63, 3.8) is 0 Å². The number of hydrogen-bond acceptors (Lipinski definition) is 4. The lowest BCUT2D eigenvalue weighted by molar-refractivity contribution is 0.691. The first-order chi connectivity index (χ1) is 16.1. The predicted octanol–water partition coefficient (Wildman–Crippen LogP) is 5.82. The summed E-state index contributed by atoms with van der Waals surface area (Å²) in [5.74, 6) is 0. The van der Waals surface area contributed by atoms with Crippen molar-refractivity contribution in [2.24, 2.45) is 0 Å². The smallest absolute Gasteiger partial charge is 0.132 e. The van der Waals surface area contributed by atoms with E-state index in [4.69, 9.17) is 23.2 Å². The molecule has 0 amide bonds. The fourth-order valence-electron chi connectivity index (χ4n) is 4.08. The molecule has 0 spiro atoms. The summed E-state index contributed by atoms with van der Waals surface area (Å²) in [5.41, 5.74) is 7.40. The second-order valence-electron chi connectivity index (χ2n) is 7.91. The minimum Gasteiger partial charge on any atom is -0.278 e. The first-order valence-corrected chi connectivity index (χ1v) is 11.1. The molecule has 0 atom stereocenters. The molecule has 3 heterocycles. The Morgan fingerprint density at radius 3 is 2.79 bits per heavy atom. The van der Waals surface area contributed by atoms with Gasteiger partial charge < -0.3 is 0 Å². The molecule has 0 bridgehead atoms. The Bertz CT molecular complexity index is 1640. The van der Waals surface area contributed by atoms with Crippen LogP contribution in [-0.4, -0.2) is 35.0 Å². The van der Waals surface area contributed by atoms with Gasteiger partial charge in [0, 0.05) is 22.2 Å². The van der Waals surface area contributed by atoms with Crippen molar-refractivity contribution >= 4 is 45.1 Å². The molecular formula is C24H17Cl2N7. The van der Waals surface area contributed by atoms with E-state index >= 15 is 0 Å². The van der Waals surface area contributed by atoms with Crippen molar-refractivity contribution in [1.29, 1.82) is 0 Å². The normalized spacial score (nSPS) is 11.6. The van der Waals surface area contributed by atoms with E-state index in [1.807, 2.05) is 66.2 Å². The Hall–Kier alpha value is -3.68. The quantitative estimate of drug-likeness (QED) is 0.349. The van der Waals surface area contributed by atoms with E-state index in [0.717, 1.165) is 49.5 Å². The van der Waals surface area contributed by atoms with Crippen LogP contribution in [-0.2, 0) is 6.54 Å². The molecule has 7 nitrogen and oxygen atoms in total. The molecule has 0 aliphatic carbocycles. The van der Waals surface area contributed by atoms with Crippen LogP contribution in [0.15, 0.2) is 67.0 Å². The average Bonchev–Trinajstić information content (AvgIpc) is 3.54. The van der Waals surface area contributed by atoms with Crippen molar-refractivity contribution in [2.45, 2.75) is 13.5 Å². The molecule has 0 radical (unpaired) electrons. The highest BCUT2D eigenvalue weighted by molar-refractivity contribution is 6.35. The van der Waals surface area contributed by atoms with Crippen molar-refractivity contribution in [2.75, 3.05) is 0 Å². The molecule has 0 saturated heterocycles. The topological polar surface area (TPSA) is 77.2 Å². The van der Waals surface area contributed by atoms with Gasteiger partial charge in [-0.2, -0.15) is 10.2 Å². The first kappa shape index (κ1) is 20.0. The standard InChI is InChI=1S/C24H17Cl2N7/c1-14-8-18(25)4-2-16(14)13-32-22(6-7-28-32)17-9-20(26)24-23(10-17)33(31-30-24)19-5-3-15-12-27-29-21(15)11-19/h2-12H,13H2,1H3,(H,27,29). The zero-order valence-electron chi connectivity index (χ0n) is 17.5. The number of nitrogens with zero attached hydrogens (tertiary/aromatic N) is 6. The molecule has 9 heteroatoms. The number of hydrogen-bond donors (Lipinski definition) is 1. The maximum atomic E-state index is 6.64. The summed E-state index contributed by atoms with van der Waals surface area (Å²) in [6.45, 7) is 2.67. The van der Waals surface area contributed by atoms with Gasteiger partial charge in [-0.25, -0.2) is 4.68 Å². The predicted molar refractivity (Wildman–Crippen MR) is 130 cm³/mol. The van der Waals surface area contributed by atoms with Crippen LogP contribution >= 0.6 is 23.2 Å². The molecule has 3 aromatic heterocycles. The number of aromatic nitrogens is 7. The summed E-state index contributed by atoms with van der Waals surface area (Å²) in [4.78, 5) is 0. The van der Waals surface area contributed by atoms with Crippen LogP contribution in [0.1, 0.15) is 11.1 Å². The first-order valence-electron chi connectivity index (χ1n) is 10.3. The van der Waals surface area contributed by atoms with Gasteiger partial charge in [-0.1, -0.05) is 34.5 Å².